The van der Waals surface area contributed by atoms with Crippen LogP contribution in [0.1, 0.15) is 12.5 Å². The molecular weight excluding hydrogens is 272 g/mol. The van der Waals surface area contributed by atoms with Crippen LogP contribution in [0.2, 0.25) is 0 Å². The van der Waals surface area contributed by atoms with Crippen molar-refractivity contribution in [2.75, 3.05) is 7.11 Å². The van der Waals surface area contributed by atoms with E-state index in [1.807, 2.05) is 30.3 Å². The van der Waals surface area contributed by atoms with E-state index in [4.69, 9.17) is 4.74 Å². The fraction of sp³-hybridized carbons (Fsp3) is 0.150. The van der Waals surface area contributed by atoms with E-state index in [0.29, 0.717) is 6.42 Å². The zero-order valence-corrected chi connectivity index (χ0v) is 12.8. The first-order valence-electron chi connectivity index (χ1n) is 7.33. The van der Waals surface area contributed by atoms with Gasteiger partial charge in [0.15, 0.2) is 0 Å². The molecule has 0 aliphatic rings. The van der Waals surface area contributed by atoms with Crippen molar-refractivity contribution >= 4 is 16.6 Å². The minimum atomic E-state index is 0.176. The van der Waals surface area contributed by atoms with Crippen LogP contribution >= 0.6 is 0 Å². The van der Waals surface area contributed by atoms with Crippen molar-refractivity contribution in [3.63, 3.8) is 0 Å². The molecule has 0 heterocycles. The first-order chi connectivity index (χ1) is 10.7. The normalized spacial score (nSPS) is 10.6. The number of carbonyl (C=O) groups is 1. The lowest BCUT2D eigenvalue weighted by molar-refractivity contribution is -0.116. The molecular formula is C20H18O2. The Bertz CT molecular complexity index is 834. The molecule has 0 N–H and O–H groups in total. The highest BCUT2D eigenvalue weighted by atomic mass is 16.5. The van der Waals surface area contributed by atoms with Gasteiger partial charge in [-0.05, 0) is 41.1 Å². The van der Waals surface area contributed by atoms with Gasteiger partial charge in [0.25, 0.3) is 0 Å². The van der Waals surface area contributed by atoms with E-state index in [0.717, 1.165) is 33.2 Å². The Morgan fingerprint density at radius 3 is 2.59 bits per heavy atom. The van der Waals surface area contributed by atoms with Crippen molar-refractivity contribution in [1.29, 1.82) is 0 Å². The summed E-state index contributed by atoms with van der Waals surface area (Å²) in [4.78, 5) is 11.5. The molecule has 0 radical (unpaired) electrons. The molecule has 0 saturated heterocycles. The highest BCUT2D eigenvalue weighted by Crippen LogP contribution is 2.31. The summed E-state index contributed by atoms with van der Waals surface area (Å²) in [6.45, 7) is 1.63. The van der Waals surface area contributed by atoms with Crippen LogP contribution in [0.4, 0.5) is 0 Å². The van der Waals surface area contributed by atoms with Gasteiger partial charge in [0, 0.05) is 11.8 Å². The Morgan fingerprint density at radius 1 is 1.00 bits per heavy atom. The molecule has 0 aliphatic heterocycles. The fourth-order valence-corrected chi connectivity index (χ4v) is 2.82. The molecule has 0 amide bonds. The average molecular weight is 290 g/mol. The van der Waals surface area contributed by atoms with Gasteiger partial charge >= 0.3 is 0 Å². The second-order valence-electron chi connectivity index (χ2n) is 5.43. The van der Waals surface area contributed by atoms with Gasteiger partial charge in [0.1, 0.15) is 11.5 Å². The molecule has 3 rings (SSSR count). The number of rotatable bonds is 4. The van der Waals surface area contributed by atoms with Gasteiger partial charge in [-0.1, -0.05) is 48.5 Å². The molecule has 0 unspecified atom stereocenters. The zero-order valence-electron chi connectivity index (χ0n) is 12.8. The minimum Gasteiger partial charge on any atom is -0.496 e. The van der Waals surface area contributed by atoms with Crippen LogP contribution in [0, 0.1) is 0 Å². The average Bonchev–Trinajstić information content (AvgIpc) is 2.53. The summed E-state index contributed by atoms with van der Waals surface area (Å²) in [7, 11) is 1.69. The van der Waals surface area contributed by atoms with E-state index < -0.39 is 0 Å². The number of carbonyl (C=O) groups excluding carboxylic acids is 1. The monoisotopic (exact) mass is 290 g/mol. The molecule has 3 aromatic carbocycles. The number of ketones is 1. The Hall–Kier alpha value is -2.61. The molecule has 0 aliphatic carbocycles. The van der Waals surface area contributed by atoms with Gasteiger partial charge in [-0.3, -0.25) is 4.79 Å². The maximum atomic E-state index is 11.5. The lowest BCUT2D eigenvalue weighted by Gasteiger charge is -2.11. The Morgan fingerprint density at radius 2 is 1.82 bits per heavy atom. The SMILES string of the molecule is COc1cccc2cc(-c3ccccc3CC(C)=O)ccc12. The Balaban J connectivity index is 2.13. The van der Waals surface area contributed by atoms with Gasteiger partial charge in [-0.2, -0.15) is 0 Å². The van der Waals surface area contributed by atoms with Crippen molar-refractivity contribution in [3.05, 3.63) is 66.2 Å². The first kappa shape index (κ1) is 14.3. The van der Waals surface area contributed by atoms with E-state index in [1.165, 1.54) is 0 Å². The van der Waals surface area contributed by atoms with Crippen LogP contribution in [-0.4, -0.2) is 12.9 Å². The highest BCUT2D eigenvalue weighted by molar-refractivity contribution is 5.92. The maximum Gasteiger partial charge on any atom is 0.134 e. The quantitative estimate of drug-likeness (QED) is 0.699. The van der Waals surface area contributed by atoms with Crippen LogP contribution in [0.3, 0.4) is 0 Å². The summed E-state index contributed by atoms with van der Waals surface area (Å²) >= 11 is 0. The van der Waals surface area contributed by atoms with Gasteiger partial charge < -0.3 is 4.74 Å². The predicted octanol–water partition coefficient (Wildman–Crippen LogP) is 4.65. The lowest BCUT2D eigenvalue weighted by Crippen LogP contribution is -1.98. The summed E-state index contributed by atoms with van der Waals surface area (Å²) in [6, 6.07) is 20.4. The molecule has 0 saturated carbocycles. The van der Waals surface area contributed by atoms with Gasteiger partial charge in [0.05, 0.1) is 7.11 Å². The molecule has 3 aromatic rings. The zero-order chi connectivity index (χ0) is 15.5. The summed E-state index contributed by atoms with van der Waals surface area (Å²) in [5.74, 6) is 1.05. The highest BCUT2D eigenvalue weighted by Gasteiger charge is 2.08. The molecule has 0 aromatic heterocycles. The first-order valence-corrected chi connectivity index (χ1v) is 7.33. The third-order valence-electron chi connectivity index (χ3n) is 3.83. The number of methoxy groups -OCH3 is 1. The molecule has 2 nitrogen and oxygen atoms in total. The van der Waals surface area contributed by atoms with Crippen LogP contribution in [0.5, 0.6) is 5.75 Å². The summed E-state index contributed by atoms with van der Waals surface area (Å²) in [5, 5.41) is 2.23. The molecule has 0 spiro atoms. The maximum absolute atomic E-state index is 11.5. The number of fused-ring (bicyclic) bond motifs is 1. The predicted molar refractivity (Wildman–Crippen MR) is 90.3 cm³/mol. The Kier molecular flexibility index (Phi) is 3.92. The number of hydrogen-bond acceptors (Lipinski definition) is 2. The van der Waals surface area contributed by atoms with E-state index in [-0.39, 0.29) is 5.78 Å². The number of Topliss-reactive ketones (excluding diaryl/α,β-unsaturated/α-hetero) is 1. The summed E-state index contributed by atoms with van der Waals surface area (Å²) in [6.07, 6.45) is 0.465. The Labute approximate surface area is 130 Å². The van der Waals surface area contributed by atoms with Crippen LogP contribution in [-0.2, 0) is 11.2 Å². The second kappa shape index (κ2) is 6.02. The lowest BCUT2D eigenvalue weighted by atomic mass is 9.95. The van der Waals surface area contributed by atoms with Crippen molar-refractivity contribution in [1.82, 2.24) is 0 Å². The topological polar surface area (TPSA) is 26.3 Å². The fourth-order valence-electron chi connectivity index (χ4n) is 2.82. The smallest absolute Gasteiger partial charge is 0.134 e. The van der Waals surface area contributed by atoms with E-state index >= 15 is 0 Å². The van der Waals surface area contributed by atoms with Crippen molar-refractivity contribution in [3.8, 4) is 16.9 Å². The van der Waals surface area contributed by atoms with Crippen molar-refractivity contribution in [2.24, 2.45) is 0 Å². The minimum absolute atomic E-state index is 0.176. The summed E-state index contributed by atoms with van der Waals surface area (Å²) < 4.78 is 5.40. The number of benzene rings is 3. The number of ether oxygens (including phenoxy) is 1. The van der Waals surface area contributed by atoms with Crippen LogP contribution in [0.25, 0.3) is 21.9 Å². The standard InChI is InChI=1S/C20H18O2/c1-14(21)12-15-6-3-4-8-18(15)17-10-11-19-16(13-17)7-5-9-20(19)22-2/h3-11,13H,12H2,1-2H3. The number of hydrogen-bond donors (Lipinski definition) is 0. The summed E-state index contributed by atoms with van der Waals surface area (Å²) in [5.41, 5.74) is 3.30. The van der Waals surface area contributed by atoms with E-state index in [9.17, 15) is 4.79 Å². The van der Waals surface area contributed by atoms with Crippen LogP contribution < -0.4 is 4.74 Å². The third-order valence-corrected chi connectivity index (χ3v) is 3.83. The molecule has 0 atom stereocenters. The van der Waals surface area contributed by atoms with Crippen molar-refractivity contribution in [2.45, 2.75) is 13.3 Å². The van der Waals surface area contributed by atoms with Crippen LogP contribution in [0.15, 0.2) is 60.7 Å². The van der Waals surface area contributed by atoms with Gasteiger partial charge in [0.2, 0.25) is 0 Å². The third kappa shape index (κ3) is 2.73. The molecule has 110 valence electrons. The molecule has 0 bridgehead atoms. The second-order valence-corrected chi connectivity index (χ2v) is 5.43. The molecule has 22 heavy (non-hydrogen) atoms. The van der Waals surface area contributed by atoms with E-state index in [1.54, 1.807) is 14.0 Å². The molecule has 2 heteroatoms. The van der Waals surface area contributed by atoms with Gasteiger partial charge in [-0.25, -0.2) is 0 Å². The largest absolute Gasteiger partial charge is 0.496 e. The van der Waals surface area contributed by atoms with Crippen molar-refractivity contribution < 1.29 is 9.53 Å². The van der Waals surface area contributed by atoms with E-state index in [2.05, 4.69) is 30.3 Å². The van der Waals surface area contributed by atoms with Gasteiger partial charge in [-0.15, -0.1) is 0 Å². The molecule has 0 fully saturated rings.